The van der Waals surface area contributed by atoms with E-state index < -0.39 is 11.9 Å². The highest BCUT2D eigenvalue weighted by atomic mass is 17.2. The van der Waals surface area contributed by atoms with Gasteiger partial charge >= 0.3 is 11.9 Å². The largest absolute Gasteiger partial charge is 0.359 e. The number of rotatable bonds is 2. The molecular formula is C20H38O4. The van der Waals surface area contributed by atoms with Crippen LogP contribution in [0.4, 0.5) is 0 Å². The van der Waals surface area contributed by atoms with Crippen LogP contribution in [0.25, 0.3) is 0 Å². The van der Waals surface area contributed by atoms with E-state index in [1.807, 2.05) is 83.1 Å². The maximum atomic E-state index is 12.6. The molecule has 4 nitrogen and oxygen atoms in total. The van der Waals surface area contributed by atoms with E-state index in [9.17, 15) is 9.59 Å². The third-order valence-corrected chi connectivity index (χ3v) is 4.14. The first-order valence-electron chi connectivity index (χ1n) is 8.72. The highest BCUT2D eigenvalue weighted by Crippen LogP contribution is 2.42. The van der Waals surface area contributed by atoms with Crippen LogP contribution < -0.4 is 0 Å². The van der Waals surface area contributed by atoms with Crippen molar-refractivity contribution in [3.63, 3.8) is 0 Å². The minimum absolute atomic E-state index is 0.296. The first-order valence-corrected chi connectivity index (χ1v) is 8.72. The predicted octanol–water partition coefficient (Wildman–Crippen LogP) is 5.40. The van der Waals surface area contributed by atoms with Crippen LogP contribution in [0, 0.1) is 33.5 Å². The van der Waals surface area contributed by atoms with Gasteiger partial charge in [-0.05, 0) is 21.7 Å². The first kappa shape index (κ1) is 22.9. The molecule has 0 amide bonds. The van der Waals surface area contributed by atoms with Gasteiger partial charge < -0.3 is 0 Å². The Morgan fingerprint density at radius 3 is 0.792 bits per heavy atom. The van der Waals surface area contributed by atoms with Crippen LogP contribution in [-0.2, 0) is 19.4 Å². The molecule has 0 aromatic rings. The maximum absolute atomic E-state index is 12.6. The Balaban J connectivity index is 5.24. The van der Waals surface area contributed by atoms with Crippen LogP contribution in [-0.4, -0.2) is 11.9 Å². The molecule has 0 radical (unpaired) electrons. The number of carbonyl (C=O) groups is 2. The normalized spacial score (nSPS) is 14.1. The second-order valence-corrected chi connectivity index (χ2v) is 11.1. The Labute approximate surface area is 148 Å². The Morgan fingerprint density at radius 2 is 0.667 bits per heavy atom. The summed E-state index contributed by atoms with van der Waals surface area (Å²) in [6, 6.07) is 0. The van der Waals surface area contributed by atoms with Gasteiger partial charge in [0, 0.05) is 0 Å². The Hall–Kier alpha value is -1.06. The quantitative estimate of drug-likeness (QED) is 0.498. The van der Waals surface area contributed by atoms with Crippen molar-refractivity contribution >= 4 is 11.9 Å². The smallest absolute Gasteiger partial charge is 0.247 e. The van der Waals surface area contributed by atoms with Crippen molar-refractivity contribution in [3.05, 3.63) is 0 Å². The van der Waals surface area contributed by atoms with E-state index in [2.05, 4.69) is 0 Å². The van der Waals surface area contributed by atoms with Gasteiger partial charge in [-0.3, -0.25) is 0 Å². The summed E-state index contributed by atoms with van der Waals surface area (Å²) in [7, 11) is 0. The van der Waals surface area contributed by atoms with Crippen molar-refractivity contribution < 1.29 is 19.4 Å². The summed E-state index contributed by atoms with van der Waals surface area (Å²) in [6.45, 7) is 23.8. The van der Waals surface area contributed by atoms with Gasteiger partial charge in [0.05, 0.1) is 11.8 Å². The second-order valence-electron chi connectivity index (χ2n) is 11.1. The van der Waals surface area contributed by atoms with Gasteiger partial charge in [0.2, 0.25) is 0 Å². The van der Waals surface area contributed by atoms with Gasteiger partial charge in [0.25, 0.3) is 0 Å². The SMILES string of the molecule is CC(C)(C)C(C(=O)OOC(=O)C(C(C)(C)C)C(C)(C)C)C(C)(C)C. The minimum atomic E-state index is -0.495. The number of hydrogen-bond acceptors (Lipinski definition) is 4. The Kier molecular flexibility index (Phi) is 6.74. The summed E-state index contributed by atoms with van der Waals surface area (Å²) in [5.74, 6) is -1.77. The molecule has 0 heterocycles. The molecule has 0 aliphatic carbocycles. The molecule has 0 saturated heterocycles. The molecule has 0 spiro atoms. The standard InChI is InChI=1S/C20H38O4/c1-17(2,3)13(18(4,5)6)15(21)23-24-16(22)14(19(7,8)9)20(10,11)12/h13-14H,1-12H3. The lowest BCUT2D eigenvalue weighted by molar-refractivity contribution is -0.274. The number of hydrogen-bond donors (Lipinski definition) is 0. The maximum Gasteiger partial charge on any atom is 0.359 e. The van der Waals surface area contributed by atoms with Crippen LogP contribution in [0.3, 0.4) is 0 Å². The molecule has 0 aliphatic heterocycles. The van der Waals surface area contributed by atoms with Gasteiger partial charge in [-0.15, -0.1) is 0 Å². The van der Waals surface area contributed by atoms with Crippen molar-refractivity contribution in [2.75, 3.05) is 0 Å². The molecule has 0 N–H and O–H groups in total. The highest BCUT2D eigenvalue weighted by Gasteiger charge is 2.45. The fourth-order valence-electron chi connectivity index (χ4n) is 4.19. The Bertz CT molecular complexity index is 378. The van der Waals surface area contributed by atoms with E-state index >= 15 is 0 Å². The molecule has 0 aromatic carbocycles. The molecular weight excluding hydrogens is 304 g/mol. The zero-order chi connectivity index (χ0) is 19.7. The molecule has 0 unspecified atom stereocenters. The third-order valence-electron chi connectivity index (χ3n) is 4.14. The minimum Gasteiger partial charge on any atom is -0.247 e. The lowest BCUT2D eigenvalue weighted by Gasteiger charge is -2.39. The van der Waals surface area contributed by atoms with Gasteiger partial charge in [0.1, 0.15) is 0 Å². The van der Waals surface area contributed by atoms with Crippen molar-refractivity contribution in [1.29, 1.82) is 0 Å². The molecule has 0 atom stereocenters. The second kappa shape index (κ2) is 7.05. The van der Waals surface area contributed by atoms with E-state index in [0.29, 0.717) is 0 Å². The van der Waals surface area contributed by atoms with E-state index in [4.69, 9.17) is 9.78 Å². The van der Waals surface area contributed by atoms with Crippen molar-refractivity contribution in [1.82, 2.24) is 0 Å². The first-order chi connectivity index (χ1) is 10.3. The molecule has 0 fully saturated rings. The van der Waals surface area contributed by atoms with Crippen LogP contribution >= 0.6 is 0 Å². The molecule has 0 saturated carbocycles. The predicted molar refractivity (Wildman–Crippen MR) is 97.0 cm³/mol. The fourth-order valence-corrected chi connectivity index (χ4v) is 4.19. The third kappa shape index (κ3) is 6.45. The van der Waals surface area contributed by atoms with Crippen LogP contribution in [0.15, 0.2) is 0 Å². The van der Waals surface area contributed by atoms with Gasteiger partial charge in [-0.1, -0.05) is 83.1 Å². The van der Waals surface area contributed by atoms with Gasteiger partial charge in [-0.2, -0.15) is 0 Å². The molecule has 0 aliphatic rings. The van der Waals surface area contributed by atoms with E-state index in [1.54, 1.807) is 0 Å². The molecule has 0 aromatic heterocycles. The average molecular weight is 343 g/mol. The van der Waals surface area contributed by atoms with Crippen molar-refractivity contribution in [2.24, 2.45) is 33.5 Å². The van der Waals surface area contributed by atoms with Crippen LogP contribution in [0.5, 0.6) is 0 Å². The lowest BCUT2D eigenvalue weighted by atomic mass is 9.66. The van der Waals surface area contributed by atoms with Crippen molar-refractivity contribution in [2.45, 2.75) is 83.1 Å². The van der Waals surface area contributed by atoms with E-state index in [-0.39, 0.29) is 33.5 Å². The molecule has 0 bridgehead atoms. The monoisotopic (exact) mass is 342 g/mol. The number of carbonyl (C=O) groups excluding carboxylic acids is 2. The molecule has 4 heteroatoms. The fraction of sp³-hybridized carbons (Fsp3) is 0.900. The summed E-state index contributed by atoms with van der Waals surface area (Å²) in [5, 5.41) is 0. The van der Waals surface area contributed by atoms with Crippen LogP contribution in [0.2, 0.25) is 0 Å². The molecule has 24 heavy (non-hydrogen) atoms. The van der Waals surface area contributed by atoms with Crippen molar-refractivity contribution in [3.8, 4) is 0 Å². The van der Waals surface area contributed by atoms with E-state index in [1.165, 1.54) is 0 Å². The average Bonchev–Trinajstić information content (AvgIpc) is 2.17. The zero-order valence-corrected chi connectivity index (χ0v) is 17.8. The lowest BCUT2D eigenvalue weighted by Crippen LogP contribution is -2.43. The summed E-state index contributed by atoms with van der Waals surface area (Å²) in [5.41, 5.74) is -1.19. The Morgan fingerprint density at radius 1 is 0.500 bits per heavy atom. The zero-order valence-electron chi connectivity index (χ0n) is 17.8. The van der Waals surface area contributed by atoms with Crippen LogP contribution in [0.1, 0.15) is 83.1 Å². The molecule has 142 valence electrons. The van der Waals surface area contributed by atoms with Gasteiger partial charge in [-0.25, -0.2) is 19.4 Å². The van der Waals surface area contributed by atoms with Gasteiger partial charge in [0.15, 0.2) is 0 Å². The summed E-state index contributed by atoms with van der Waals surface area (Å²) >= 11 is 0. The summed E-state index contributed by atoms with van der Waals surface area (Å²) in [4.78, 5) is 35.1. The molecule has 0 rings (SSSR count). The summed E-state index contributed by atoms with van der Waals surface area (Å²) in [6.07, 6.45) is 0. The highest BCUT2D eigenvalue weighted by molar-refractivity contribution is 5.77. The topological polar surface area (TPSA) is 52.6 Å². The summed E-state index contributed by atoms with van der Waals surface area (Å²) < 4.78 is 0. The van der Waals surface area contributed by atoms with E-state index in [0.717, 1.165) is 0 Å².